The molecule has 3 N–H and O–H groups in total. The molecule has 0 heterocycles. The zero-order valence-electron chi connectivity index (χ0n) is 16.6. The molecule has 0 radical (unpaired) electrons. The summed E-state index contributed by atoms with van der Waals surface area (Å²) in [5.41, 5.74) is 2.71. The molecule has 2 rings (SSSR count). The van der Waals surface area contributed by atoms with E-state index in [2.05, 4.69) is 10.6 Å². The molecule has 0 fully saturated rings. The van der Waals surface area contributed by atoms with E-state index in [4.69, 9.17) is 0 Å². The topological polar surface area (TPSA) is 78.4 Å². The molecule has 1 amide bonds. The molecule has 2 aromatic rings. The van der Waals surface area contributed by atoms with Crippen molar-refractivity contribution in [2.45, 2.75) is 39.3 Å². The molecule has 0 bridgehead atoms. The minimum atomic E-state index is -0.646. The van der Waals surface area contributed by atoms with E-state index in [0.29, 0.717) is 17.8 Å². The van der Waals surface area contributed by atoms with Gasteiger partial charge in [0, 0.05) is 30.6 Å². The molecule has 0 aliphatic rings. The number of hydrogen-bond donors (Lipinski definition) is 3. The van der Waals surface area contributed by atoms with E-state index in [1.807, 2.05) is 51.1 Å². The van der Waals surface area contributed by atoms with E-state index in [-0.39, 0.29) is 24.2 Å². The molecule has 148 valence electrons. The average Bonchev–Trinajstić information content (AvgIpc) is 2.67. The van der Waals surface area contributed by atoms with Crippen LogP contribution in [0.15, 0.2) is 66.2 Å². The maximum absolute atomic E-state index is 12.6. The fourth-order valence-corrected chi connectivity index (χ4v) is 2.86. The van der Waals surface area contributed by atoms with Crippen molar-refractivity contribution >= 4 is 17.4 Å². The Kier molecular flexibility index (Phi) is 8.11. The Balaban J connectivity index is 1.93. The zero-order chi connectivity index (χ0) is 20.5. The largest absolute Gasteiger partial charge is 0.387 e. The molecule has 5 heteroatoms. The first-order valence-corrected chi connectivity index (χ1v) is 9.43. The summed E-state index contributed by atoms with van der Waals surface area (Å²) in [4.78, 5) is 24.6. The smallest absolute Gasteiger partial charge is 0.248 e. The second kappa shape index (κ2) is 10.5. The first kappa shape index (κ1) is 21.5. The SMILES string of the molecule is CC(C)=CC(=O)Nc1ccccc1C(=O)CCNC(C)C(O)c1ccccc1. The number of aliphatic hydroxyl groups excluding tert-OH is 1. The first-order valence-electron chi connectivity index (χ1n) is 9.43. The highest BCUT2D eigenvalue weighted by atomic mass is 16.3. The van der Waals surface area contributed by atoms with Crippen LogP contribution in [0.2, 0.25) is 0 Å². The standard InChI is InChI=1S/C23H28N2O3/c1-16(2)15-22(27)25-20-12-8-7-11-19(20)21(26)13-14-24-17(3)23(28)18-9-5-4-6-10-18/h4-12,15,17,23-24,28H,13-14H2,1-3H3,(H,25,27). The zero-order valence-corrected chi connectivity index (χ0v) is 16.6. The van der Waals surface area contributed by atoms with E-state index in [9.17, 15) is 14.7 Å². The molecule has 5 nitrogen and oxygen atoms in total. The molecule has 0 saturated carbocycles. The van der Waals surface area contributed by atoms with Crippen LogP contribution < -0.4 is 10.6 Å². The average molecular weight is 380 g/mol. The summed E-state index contributed by atoms with van der Waals surface area (Å²) < 4.78 is 0. The summed E-state index contributed by atoms with van der Waals surface area (Å²) in [6.45, 7) is 6.00. The summed E-state index contributed by atoms with van der Waals surface area (Å²) >= 11 is 0. The third-order valence-corrected chi connectivity index (χ3v) is 4.34. The summed E-state index contributed by atoms with van der Waals surface area (Å²) in [5, 5.41) is 16.4. The summed E-state index contributed by atoms with van der Waals surface area (Å²) in [6, 6.07) is 16.2. The van der Waals surface area contributed by atoms with Crippen molar-refractivity contribution in [1.82, 2.24) is 5.32 Å². The summed E-state index contributed by atoms with van der Waals surface area (Å²) in [5.74, 6) is -0.319. The number of allylic oxidation sites excluding steroid dienone is 1. The Morgan fingerprint density at radius 1 is 1.04 bits per heavy atom. The molecular formula is C23H28N2O3. The van der Waals surface area contributed by atoms with Gasteiger partial charge in [0.25, 0.3) is 0 Å². The van der Waals surface area contributed by atoms with Crippen molar-refractivity contribution in [2.24, 2.45) is 0 Å². The van der Waals surface area contributed by atoms with Crippen LogP contribution >= 0.6 is 0 Å². The lowest BCUT2D eigenvalue weighted by atomic mass is 10.0. The minimum Gasteiger partial charge on any atom is -0.387 e. The highest BCUT2D eigenvalue weighted by Crippen LogP contribution is 2.18. The number of ketones is 1. The van der Waals surface area contributed by atoms with Gasteiger partial charge in [-0.1, -0.05) is 48.0 Å². The number of aliphatic hydroxyl groups is 1. The van der Waals surface area contributed by atoms with Gasteiger partial charge in [0.1, 0.15) is 0 Å². The van der Waals surface area contributed by atoms with Crippen molar-refractivity contribution in [3.05, 3.63) is 77.4 Å². The fraction of sp³-hybridized carbons (Fsp3) is 0.304. The fourth-order valence-electron chi connectivity index (χ4n) is 2.86. The number of carbonyl (C=O) groups excluding carboxylic acids is 2. The Morgan fingerprint density at radius 3 is 2.36 bits per heavy atom. The van der Waals surface area contributed by atoms with Crippen molar-refractivity contribution in [3.8, 4) is 0 Å². The third-order valence-electron chi connectivity index (χ3n) is 4.34. The van der Waals surface area contributed by atoms with Crippen LogP contribution in [-0.2, 0) is 4.79 Å². The molecule has 28 heavy (non-hydrogen) atoms. The number of rotatable bonds is 9. The first-order chi connectivity index (χ1) is 13.4. The molecule has 2 unspecified atom stereocenters. The molecule has 0 aromatic heterocycles. The normalized spacial score (nSPS) is 12.7. The van der Waals surface area contributed by atoms with Crippen LogP contribution in [0.1, 0.15) is 49.2 Å². The van der Waals surface area contributed by atoms with Crippen LogP contribution in [0.4, 0.5) is 5.69 Å². The molecule has 0 spiro atoms. The molecule has 2 aromatic carbocycles. The lowest BCUT2D eigenvalue weighted by Gasteiger charge is -2.20. The predicted octanol–water partition coefficient (Wildman–Crippen LogP) is 3.88. The van der Waals surface area contributed by atoms with Crippen LogP contribution in [0.3, 0.4) is 0 Å². The number of hydrogen-bond acceptors (Lipinski definition) is 4. The van der Waals surface area contributed by atoms with Crippen molar-refractivity contribution in [3.63, 3.8) is 0 Å². The van der Waals surface area contributed by atoms with E-state index < -0.39 is 6.10 Å². The van der Waals surface area contributed by atoms with Gasteiger partial charge in [0.05, 0.1) is 11.8 Å². The maximum Gasteiger partial charge on any atom is 0.248 e. The number of nitrogens with one attached hydrogen (secondary N) is 2. The highest BCUT2D eigenvalue weighted by molar-refractivity contribution is 6.07. The van der Waals surface area contributed by atoms with E-state index in [1.165, 1.54) is 6.08 Å². The monoisotopic (exact) mass is 380 g/mol. The Morgan fingerprint density at radius 2 is 1.68 bits per heavy atom. The highest BCUT2D eigenvalue weighted by Gasteiger charge is 2.17. The number of benzene rings is 2. The Bertz CT molecular complexity index is 827. The predicted molar refractivity (Wildman–Crippen MR) is 112 cm³/mol. The van der Waals surface area contributed by atoms with Gasteiger partial charge in [-0.25, -0.2) is 0 Å². The maximum atomic E-state index is 12.6. The lowest BCUT2D eigenvalue weighted by Crippen LogP contribution is -2.33. The van der Waals surface area contributed by atoms with Crippen LogP contribution in [-0.4, -0.2) is 29.4 Å². The van der Waals surface area contributed by atoms with Crippen LogP contribution in [0.5, 0.6) is 0 Å². The van der Waals surface area contributed by atoms with Crippen molar-refractivity contribution < 1.29 is 14.7 Å². The van der Waals surface area contributed by atoms with Gasteiger partial charge in [-0.15, -0.1) is 0 Å². The van der Waals surface area contributed by atoms with Gasteiger partial charge in [-0.2, -0.15) is 0 Å². The van der Waals surface area contributed by atoms with Gasteiger partial charge >= 0.3 is 0 Å². The van der Waals surface area contributed by atoms with Crippen molar-refractivity contribution in [2.75, 3.05) is 11.9 Å². The van der Waals surface area contributed by atoms with E-state index in [0.717, 1.165) is 11.1 Å². The second-order valence-electron chi connectivity index (χ2n) is 7.03. The van der Waals surface area contributed by atoms with Gasteiger partial charge in [-0.3, -0.25) is 9.59 Å². The number of para-hydroxylation sites is 1. The number of anilines is 1. The Labute approximate surface area is 166 Å². The van der Waals surface area contributed by atoms with Gasteiger partial charge < -0.3 is 15.7 Å². The second-order valence-corrected chi connectivity index (χ2v) is 7.03. The van der Waals surface area contributed by atoms with Gasteiger partial charge in [0.15, 0.2) is 5.78 Å². The third kappa shape index (κ3) is 6.44. The van der Waals surface area contributed by atoms with Gasteiger partial charge in [-0.05, 0) is 38.5 Å². The molecule has 2 atom stereocenters. The molecule has 0 aliphatic carbocycles. The number of Topliss-reactive ketones (excluding diaryl/α,β-unsaturated/α-hetero) is 1. The number of carbonyl (C=O) groups is 2. The summed E-state index contributed by atoms with van der Waals surface area (Å²) in [7, 11) is 0. The Hall–Kier alpha value is -2.76. The van der Waals surface area contributed by atoms with Gasteiger partial charge in [0.2, 0.25) is 5.91 Å². The lowest BCUT2D eigenvalue weighted by molar-refractivity contribution is -0.111. The molecular weight excluding hydrogens is 352 g/mol. The van der Waals surface area contributed by atoms with Crippen LogP contribution in [0, 0.1) is 0 Å². The molecule has 0 aliphatic heterocycles. The quantitative estimate of drug-likeness (QED) is 0.456. The van der Waals surface area contributed by atoms with E-state index >= 15 is 0 Å². The number of amides is 1. The van der Waals surface area contributed by atoms with Crippen molar-refractivity contribution in [1.29, 1.82) is 0 Å². The molecule has 0 saturated heterocycles. The minimum absolute atomic E-state index is 0.0676. The summed E-state index contributed by atoms with van der Waals surface area (Å²) in [6.07, 6.45) is 1.11. The van der Waals surface area contributed by atoms with Crippen LogP contribution in [0.25, 0.3) is 0 Å². The van der Waals surface area contributed by atoms with E-state index in [1.54, 1.807) is 24.3 Å².